The van der Waals surface area contributed by atoms with Crippen LogP contribution in [0.5, 0.6) is 0 Å². The first-order chi connectivity index (χ1) is 12.8. The van der Waals surface area contributed by atoms with Gasteiger partial charge in [0.15, 0.2) is 15.2 Å². The number of benzene rings is 1. The first-order valence-electron chi connectivity index (χ1n) is 7.68. The highest BCUT2D eigenvalue weighted by atomic mass is 32.2. The van der Waals surface area contributed by atoms with Crippen molar-refractivity contribution in [1.82, 2.24) is 0 Å². The summed E-state index contributed by atoms with van der Waals surface area (Å²) >= 11 is 5.23. The molecule has 0 aliphatic heterocycles. The van der Waals surface area contributed by atoms with E-state index in [1.165, 1.54) is 0 Å². The van der Waals surface area contributed by atoms with Crippen LogP contribution in [0.4, 0.5) is 18.9 Å². The summed E-state index contributed by atoms with van der Waals surface area (Å²) in [6.45, 7) is 4.92. The Hall–Kier alpha value is -2.42. The summed E-state index contributed by atoms with van der Waals surface area (Å²) < 4.78 is 66.3. The molecule has 1 aromatic carbocycles. The highest BCUT2D eigenvalue weighted by Gasteiger charge is 2.36. The van der Waals surface area contributed by atoms with Gasteiger partial charge in [0, 0.05) is 23.9 Å². The molecular weight excluding hydrogens is 417 g/mol. The first kappa shape index (κ1) is 23.6. The minimum atomic E-state index is -6.09. The van der Waals surface area contributed by atoms with Gasteiger partial charge in [-0.15, -0.1) is 6.42 Å². The number of nitrogens with zero attached hydrogens (tertiary/aromatic N) is 1. The van der Waals surface area contributed by atoms with Crippen LogP contribution in [0, 0.1) is 19.3 Å². The molecule has 0 bridgehead atoms. The molecule has 2 N–H and O–H groups in total. The minimum Gasteiger partial charge on any atom is -0.741 e. The van der Waals surface area contributed by atoms with Gasteiger partial charge in [-0.1, -0.05) is 0 Å². The summed E-state index contributed by atoms with van der Waals surface area (Å²) in [5.74, 6) is 2.66. The molecule has 6 nitrogen and oxygen atoms in total. The maximum atomic E-state index is 10.7. The van der Waals surface area contributed by atoms with Crippen molar-refractivity contribution in [3.63, 3.8) is 0 Å². The third-order valence-corrected chi connectivity index (χ3v) is 4.42. The molecule has 28 heavy (non-hydrogen) atoms. The lowest BCUT2D eigenvalue weighted by Gasteiger charge is -2.08. The van der Waals surface area contributed by atoms with E-state index in [0.717, 1.165) is 22.2 Å². The number of ether oxygens (including phenoxy) is 1. The third kappa shape index (κ3) is 5.79. The number of rotatable bonds is 3. The van der Waals surface area contributed by atoms with Crippen LogP contribution in [0.1, 0.15) is 18.2 Å². The standard InChI is InChI=1S/C16H17N2OS.CHF3O3S/c1-4-8-18-11(3)14(17)10-13-9-12(6-7-15(13)18)16(20)19-5-2;2-1(3,4)8(5,6)7/h1,6-7,9-10H,5,8,17H2,2-3H3;(H,5,6,7)/q+1;/p-1. The molecule has 0 saturated heterocycles. The minimum absolute atomic E-state index is 0.489. The number of terminal acetylenes is 1. The maximum absolute atomic E-state index is 10.7. The summed E-state index contributed by atoms with van der Waals surface area (Å²) in [5.41, 5.74) is 4.00. The zero-order chi connectivity index (χ0) is 21.7. The maximum Gasteiger partial charge on any atom is 0.485 e. The normalized spacial score (nSPS) is 11.3. The summed E-state index contributed by atoms with van der Waals surface area (Å²) in [6, 6.07) is 7.87. The van der Waals surface area contributed by atoms with Gasteiger partial charge in [0.2, 0.25) is 17.8 Å². The molecular formula is C17H17F3N2O4S2. The Morgan fingerprint density at radius 1 is 1.39 bits per heavy atom. The number of anilines is 1. The lowest BCUT2D eigenvalue weighted by atomic mass is 10.1. The molecule has 0 radical (unpaired) electrons. The van der Waals surface area contributed by atoms with Crippen LogP contribution < -0.4 is 10.3 Å². The van der Waals surface area contributed by atoms with Gasteiger partial charge in [-0.2, -0.15) is 17.7 Å². The van der Waals surface area contributed by atoms with Crippen molar-refractivity contribution >= 4 is 44.0 Å². The number of aromatic nitrogens is 1. The molecule has 0 aliphatic carbocycles. The van der Waals surface area contributed by atoms with Gasteiger partial charge in [0.1, 0.15) is 5.69 Å². The highest BCUT2D eigenvalue weighted by molar-refractivity contribution is 7.86. The van der Waals surface area contributed by atoms with E-state index in [-0.39, 0.29) is 0 Å². The largest absolute Gasteiger partial charge is 0.741 e. The van der Waals surface area contributed by atoms with Crippen molar-refractivity contribution in [2.45, 2.75) is 25.9 Å². The van der Waals surface area contributed by atoms with E-state index in [2.05, 4.69) is 5.92 Å². The lowest BCUT2D eigenvalue weighted by Crippen LogP contribution is -2.38. The topological polar surface area (TPSA) is 96.3 Å². The van der Waals surface area contributed by atoms with Crippen LogP contribution in [0.2, 0.25) is 0 Å². The van der Waals surface area contributed by atoms with Gasteiger partial charge >= 0.3 is 5.51 Å². The van der Waals surface area contributed by atoms with Crippen molar-refractivity contribution in [3.8, 4) is 12.3 Å². The average Bonchev–Trinajstić information content (AvgIpc) is 2.57. The van der Waals surface area contributed by atoms with E-state index in [1.807, 2.05) is 42.7 Å². The van der Waals surface area contributed by atoms with E-state index < -0.39 is 15.6 Å². The number of alkyl halides is 3. The number of hydrogen-bond acceptors (Lipinski definition) is 6. The van der Waals surface area contributed by atoms with Gasteiger partial charge in [-0.05, 0) is 43.3 Å². The molecule has 0 unspecified atom stereocenters. The number of thiocarbonyl (C=S) groups is 1. The van der Waals surface area contributed by atoms with Crippen LogP contribution in [-0.4, -0.2) is 30.1 Å². The SMILES string of the molecule is C#CC[n+]1c(C)c(N)cc2cc(C(=S)OCC)ccc21.O=S(=O)([O-])C(F)(F)F. The van der Waals surface area contributed by atoms with E-state index >= 15 is 0 Å². The van der Waals surface area contributed by atoms with Crippen molar-refractivity contribution in [1.29, 1.82) is 0 Å². The molecule has 152 valence electrons. The van der Waals surface area contributed by atoms with E-state index in [9.17, 15) is 13.2 Å². The zero-order valence-corrected chi connectivity index (χ0v) is 16.5. The number of pyridine rings is 1. The lowest BCUT2D eigenvalue weighted by molar-refractivity contribution is -0.664. The quantitative estimate of drug-likeness (QED) is 0.262. The molecule has 2 rings (SSSR count). The second kappa shape index (κ2) is 9.18. The fraction of sp³-hybridized carbons (Fsp3) is 0.294. The molecule has 0 fully saturated rings. The predicted molar refractivity (Wildman–Crippen MR) is 101 cm³/mol. The second-order valence-corrected chi connectivity index (χ2v) is 7.11. The average molecular weight is 434 g/mol. The predicted octanol–water partition coefficient (Wildman–Crippen LogP) is 2.41. The zero-order valence-electron chi connectivity index (χ0n) is 14.9. The van der Waals surface area contributed by atoms with E-state index in [4.69, 9.17) is 42.1 Å². The van der Waals surface area contributed by atoms with E-state index in [0.29, 0.717) is 23.9 Å². The number of nitrogen functional groups attached to an aromatic ring is 1. The number of fused-ring (bicyclic) bond motifs is 1. The summed E-state index contributed by atoms with van der Waals surface area (Å²) in [7, 11) is -6.09. The Bertz CT molecular complexity index is 1030. The molecule has 0 aliphatic rings. The Kier molecular flexibility index (Phi) is 7.75. The first-order valence-corrected chi connectivity index (χ1v) is 9.50. The molecule has 0 spiro atoms. The van der Waals surface area contributed by atoms with Crippen LogP contribution in [0.25, 0.3) is 10.9 Å². The smallest absolute Gasteiger partial charge is 0.485 e. The molecule has 2 aromatic rings. The second-order valence-electron chi connectivity index (χ2n) is 5.37. The van der Waals surface area contributed by atoms with Gasteiger partial charge in [-0.25, -0.2) is 8.42 Å². The van der Waals surface area contributed by atoms with Crippen LogP contribution >= 0.6 is 12.2 Å². The Balaban J connectivity index is 0.000000416. The molecule has 1 heterocycles. The van der Waals surface area contributed by atoms with Gasteiger partial charge in [0.25, 0.3) is 0 Å². The van der Waals surface area contributed by atoms with Crippen LogP contribution in [0.3, 0.4) is 0 Å². The number of halogens is 3. The van der Waals surface area contributed by atoms with E-state index in [1.54, 1.807) is 0 Å². The van der Waals surface area contributed by atoms with Gasteiger partial charge in [0.05, 0.1) is 6.61 Å². The van der Waals surface area contributed by atoms with Gasteiger partial charge < -0.3 is 15.0 Å². The highest BCUT2D eigenvalue weighted by Crippen LogP contribution is 2.20. The molecule has 0 atom stereocenters. The monoisotopic (exact) mass is 434 g/mol. The third-order valence-electron chi connectivity index (χ3n) is 3.50. The summed E-state index contributed by atoms with van der Waals surface area (Å²) in [5, 5.41) is 1.50. The van der Waals surface area contributed by atoms with Crippen molar-refractivity contribution in [3.05, 3.63) is 35.5 Å². The Labute approximate surface area is 165 Å². The van der Waals surface area contributed by atoms with Crippen LogP contribution in [-0.2, 0) is 21.4 Å². The number of nitrogens with two attached hydrogens (primary N) is 1. The van der Waals surface area contributed by atoms with Gasteiger partial charge in [-0.3, -0.25) is 0 Å². The molecule has 0 amide bonds. The number of hydrogen-bond donors (Lipinski definition) is 1. The summed E-state index contributed by atoms with van der Waals surface area (Å²) in [4.78, 5) is 0. The molecule has 1 aromatic heterocycles. The molecule has 0 saturated carbocycles. The van der Waals surface area contributed by atoms with Crippen molar-refractivity contribution < 1.29 is 35.4 Å². The van der Waals surface area contributed by atoms with Crippen molar-refractivity contribution in [2.75, 3.05) is 12.3 Å². The fourth-order valence-electron chi connectivity index (χ4n) is 2.16. The Morgan fingerprint density at radius 3 is 2.43 bits per heavy atom. The van der Waals surface area contributed by atoms with Crippen LogP contribution in [0.15, 0.2) is 24.3 Å². The summed E-state index contributed by atoms with van der Waals surface area (Å²) in [6.07, 6.45) is 5.44. The molecule has 11 heteroatoms. The van der Waals surface area contributed by atoms with Crippen molar-refractivity contribution in [2.24, 2.45) is 0 Å². The Morgan fingerprint density at radius 2 is 1.96 bits per heavy atom. The fourth-order valence-corrected chi connectivity index (χ4v) is 2.41.